The summed E-state index contributed by atoms with van der Waals surface area (Å²) in [5.74, 6) is -0.783. The standard InChI is InChI=1S/C16H22BrF3O3Si/c1-15(2,3)24(5,6)23-10-7-11(14(21)22-4)12(9-17)13(8-10)16(18,19)20/h7-8H,9H2,1-6H3. The maximum absolute atomic E-state index is 13.4. The zero-order chi connectivity index (χ0) is 18.9. The molecule has 0 spiro atoms. The van der Waals surface area contributed by atoms with Crippen molar-refractivity contribution in [3.8, 4) is 5.75 Å². The van der Waals surface area contributed by atoms with Crippen molar-refractivity contribution < 1.29 is 27.1 Å². The van der Waals surface area contributed by atoms with Crippen LogP contribution in [0, 0.1) is 0 Å². The SMILES string of the molecule is COC(=O)c1cc(O[Si](C)(C)C(C)(C)C)cc(C(F)(F)F)c1CBr. The predicted molar refractivity (Wildman–Crippen MR) is 93.2 cm³/mol. The third-order valence-electron chi connectivity index (χ3n) is 4.25. The van der Waals surface area contributed by atoms with Crippen molar-refractivity contribution in [2.75, 3.05) is 7.11 Å². The molecular weight excluding hydrogens is 405 g/mol. The summed E-state index contributed by atoms with van der Waals surface area (Å²) >= 11 is 3.03. The highest BCUT2D eigenvalue weighted by Gasteiger charge is 2.41. The van der Waals surface area contributed by atoms with E-state index in [-0.39, 0.29) is 27.2 Å². The first-order chi connectivity index (χ1) is 10.7. The van der Waals surface area contributed by atoms with E-state index in [1.54, 1.807) is 0 Å². The number of ether oxygens (including phenoxy) is 1. The highest BCUT2D eigenvalue weighted by Crippen LogP contribution is 2.41. The number of halogens is 4. The molecule has 0 radical (unpaired) electrons. The summed E-state index contributed by atoms with van der Waals surface area (Å²) in [5, 5.41) is -0.308. The normalized spacial score (nSPS) is 12.9. The van der Waals surface area contributed by atoms with Crippen molar-refractivity contribution in [1.29, 1.82) is 0 Å². The van der Waals surface area contributed by atoms with Crippen LogP contribution in [0.1, 0.15) is 42.3 Å². The van der Waals surface area contributed by atoms with E-state index in [1.807, 2.05) is 33.9 Å². The topological polar surface area (TPSA) is 35.5 Å². The average Bonchev–Trinajstić information content (AvgIpc) is 2.42. The smallest absolute Gasteiger partial charge is 0.416 e. The first-order valence-electron chi connectivity index (χ1n) is 7.32. The van der Waals surface area contributed by atoms with E-state index in [0.29, 0.717) is 0 Å². The fourth-order valence-corrected chi connectivity index (χ4v) is 3.46. The van der Waals surface area contributed by atoms with Gasteiger partial charge in [-0.05, 0) is 35.8 Å². The molecule has 136 valence electrons. The fraction of sp³-hybridized carbons (Fsp3) is 0.562. The molecule has 0 N–H and O–H groups in total. The minimum absolute atomic E-state index is 0.0408. The molecule has 0 aromatic heterocycles. The largest absolute Gasteiger partial charge is 0.543 e. The van der Waals surface area contributed by atoms with Crippen molar-refractivity contribution in [2.45, 2.75) is 50.4 Å². The Hall–Kier alpha value is -1.02. The molecule has 0 saturated carbocycles. The van der Waals surface area contributed by atoms with E-state index in [4.69, 9.17) is 4.43 Å². The van der Waals surface area contributed by atoms with Crippen molar-refractivity contribution in [3.63, 3.8) is 0 Å². The minimum Gasteiger partial charge on any atom is -0.543 e. The Morgan fingerprint density at radius 3 is 2.12 bits per heavy atom. The van der Waals surface area contributed by atoms with Gasteiger partial charge in [0.25, 0.3) is 0 Å². The molecule has 3 nitrogen and oxygen atoms in total. The predicted octanol–water partition coefficient (Wildman–Crippen LogP) is 5.77. The molecule has 0 amide bonds. The molecule has 0 bridgehead atoms. The molecule has 0 aliphatic heterocycles. The van der Waals surface area contributed by atoms with Gasteiger partial charge < -0.3 is 9.16 Å². The van der Waals surface area contributed by atoms with E-state index >= 15 is 0 Å². The second-order valence-corrected chi connectivity index (χ2v) is 12.3. The Bertz CT molecular complexity index is 622. The lowest BCUT2D eigenvalue weighted by Gasteiger charge is -2.36. The van der Waals surface area contributed by atoms with Crippen LogP contribution in [0.2, 0.25) is 18.1 Å². The van der Waals surface area contributed by atoms with Gasteiger partial charge in [-0.15, -0.1) is 0 Å². The van der Waals surface area contributed by atoms with Crippen molar-refractivity contribution in [3.05, 3.63) is 28.8 Å². The molecule has 8 heteroatoms. The lowest BCUT2D eigenvalue weighted by molar-refractivity contribution is -0.138. The number of benzene rings is 1. The summed E-state index contributed by atoms with van der Waals surface area (Å²) in [7, 11) is -1.22. The number of esters is 1. The van der Waals surface area contributed by atoms with Crippen LogP contribution in [-0.4, -0.2) is 21.4 Å². The Morgan fingerprint density at radius 1 is 1.21 bits per heavy atom. The first kappa shape index (κ1) is 21.0. The average molecular weight is 427 g/mol. The van der Waals surface area contributed by atoms with Crippen LogP contribution in [0.15, 0.2) is 12.1 Å². The number of hydrogen-bond acceptors (Lipinski definition) is 3. The van der Waals surface area contributed by atoms with Crippen LogP contribution in [0.25, 0.3) is 0 Å². The van der Waals surface area contributed by atoms with Crippen LogP contribution in [0.3, 0.4) is 0 Å². The maximum Gasteiger partial charge on any atom is 0.416 e. The number of carbonyl (C=O) groups excluding carboxylic acids is 1. The molecule has 0 saturated heterocycles. The molecule has 0 heterocycles. The van der Waals surface area contributed by atoms with Gasteiger partial charge in [0, 0.05) is 5.33 Å². The Kier molecular flexibility index (Phi) is 6.19. The zero-order valence-electron chi connectivity index (χ0n) is 14.6. The third kappa shape index (κ3) is 4.53. The van der Waals surface area contributed by atoms with Crippen molar-refractivity contribution >= 4 is 30.2 Å². The summed E-state index contributed by atoms with van der Waals surface area (Å²) < 4.78 is 50.8. The van der Waals surface area contributed by atoms with Crippen LogP contribution < -0.4 is 4.43 Å². The molecule has 0 unspecified atom stereocenters. The van der Waals surface area contributed by atoms with Crippen LogP contribution >= 0.6 is 15.9 Å². The fourth-order valence-electron chi connectivity index (χ4n) is 1.84. The minimum atomic E-state index is -4.60. The molecule has 0 atom stereocenters. The lowest BCUT2D eigenvalue weighted by atomic mass is 10.0. The van der Waals surface area contributed by atoms with Gasteiger partial charge in [0.2, 0.25) is 8.32 Å². The summed E-state index contributed by atoms with van der Waals surface area (Å²) in [4.78, 5) is 11.9. The highest BCUT2D eigenvalue weighted by atomic mass is 79.9. The van der Waals surface area contributed by atoms with Crippen LogP contribution in [-0.2, 0) is 16.2 Å². The van der Waals surface area contributed by atoms with Crippen molar-refractivity contribution in [2.24, 2.45) is 0 Å². The van der Waals surface area contributed by atoms with E-state index < -0.39 is 26.0 Å². The summed E-state index contributed by atoms with van der Waals surface area (Å²) in [6.45, 7) is 9.81. The summed E-state index contributed by atoms with van der Waals surface area (Å²) in [5.41, 5.74) is -1.19. The van der Waals surface area contributed by atoms with Crippen LogP contribution in [0.5, 0.6) is 5.75 Å². The molecular formula is C16H22BrF3O3Si. The van der Waals surface area contributed by atoms with Gasteiger partial charge in [-0.3, -0.25) is 0 Å². The second kappa shape index (κ2) is 7.07. The quantitative estimate of drug-likeness (QED) is 0.348. The van der Waals surface area contributed by atoms with Gasteiger partial charge in [0.1, 0.15) is 5.75 Å². The zero-order valence-corrected chi connectivity index (χ0v) is 17.2. The molecule has 1 aromatic carbocycles. The van der Waals surface area contributed by atoms with Crippen molar-refractivity contribution in [1.82, 2.24) is 0 Å². The first-order valence-corrected chi connectivity index (χ1v) is 11.3. The maximum atomic E-state index is 13.4. The number of hydrogen-bond donors (Lipinski definition) is 0. The molecule has 1 aromatic rings. The Labute approximate surface area is 149 Å². The summed E-state index contributed by atoms with van der Waals surface area (Å²) in [6, 6.07) is 2.29. The van der Waals surface area contributed by atoms with Gasteiger partial charge in [-0.1, -0.05) is 36.7 Å². The lowest BCUT2D eigenvalue weighted by Crippen LogP contribution is -2.44. The van der Waals surface area contributed by atoms with Gasteiger partial charge in [-0.25, -0.2) is 4.79 Å². The molecule has 24 heavy (non-hydrogen) atoms. The second-order valence-electron chi connectivity index (χ2n) is 6.98. The molecule has 1 rings (SSSR count). The van der Waals surface area contributed by atoms with Gasteiger partial charge in [0.15, 0.2) is 0 Å². The van der Waals surface area contributed by atoms with Gasteiger partial charge in [-0.2, -0.15) is 13.2 Å². The number of alkyl halides is 4. The molecule has 0 fully saturated rings. The van der Waals surface area contributed by atoms with Gasteiger partial charge in [0.05, 0.1) is 18.2 Å². The highest BCUT2D eigenvalue weighted by molar-refractivity contribution is 9.08. The van der Waals surface area contributed by atoms with Crippen LogP contribution in [0.4, 0.5) is 13.2 Å². The molecule has 0 aliphatic rings. The van der Waals surface area contributed by atoms with E-state index in [0.717, 1.165) is 13.2 Å². The van der Waals surface area contributed by atoms with Gasteiger partial charge >= 0.3 is 12.1 Å². The molecule has 0 aliphatic carbocycles. The summed E-state index contributed by atoms with van der Waals surface area (Å²) in [6.07, 6.45) is -4.60. The van der Waals surface area contributed by atoms with E-state index in [9.17, 15) is 18.0 Å². The Morgan fingerprint density at radius 2 is 1.75 bits per heavy atom. The van der Waals surface area contributed by atoms with E-state index in [1.165, 1.54) is 6.07 Å². The number of carbonyl (C=O) groups is 1. The van der Waals surface area contributed by atoms with E-state index in [2.05, 4.69) is 20.7 Å². The monoisotopic (exact) mass is 426 g/mol. The third-order valence-corrected chi connectivity index (χ3v) is 9.17. The number of methoxy groups -OCH3 is 1. The number of rotatable bonds is 4. The Balaban J connectivity index is 3.56.